The van der Waals surface area contributed by atoms with E-state index in [0.717, 1.165) is 12.2 Å². The Bertz CT molecular complexity index is 376. The maximum atomic E-state index is 6.15. The Morgan fingerprint density at radius 2 is 2.05 bits per heavy atom. The Labute approximate surface area is 126 Å². The van der Waals surface area contributed by atoms with Gasteiger partial charge in [-0.1, -0.05) is 18.6 Å². The second kappa shape index (κ2) is 7.37. The molecule has 3 heteroatoms. The van der Waals surface area contributed by atoms with Crippen molar-refractivity contribution >= 4 is 11.8 Å². The average Bonchev–Trinajstić information content (AvgIpc) is 2.50. The molecule has 1 unspecified atom stereocenters. The molecule has 2 nitrogen and oxygen atoms in total. The van der Waals surface area contributed by atoms with E-state index in [2.05, 4.69) is 29.6 Å². The molecule has 1 aromatic rings. The van der Waals surface area contributed by atoms with Crippen molar-refractivity contribution in [2.75, 3.05) is 18.1 Å². The Morgan fingerprint density at radius 1 is 1.15 bits per heavy atom. The summed E-state index contributed by atoms with van der Waals surface area (Å²) in [5.74, 6) is 3.56. The molecule has 0 amide bonds. The van der Waals surface area contributed by atoms with Crippen LogP contribution in [0.5, 0.6) is 5.75 Å². The van der Waals surface area contributed by atoms with Gasteiger partial charge in [0.05, 0.1) is 0 Å². The van der Waals surface area contributed by atoms with Crippen LogP contribution in [0.2, 0.25) is 0 Å². The number of rotatable bonds is 4. The lowest BCUT2D eigenvalue weighted by Gasteiger charge is -2.25. The van der Waals surface area contributed by atoms with Crippen molar-refractivity contribution in [1.29, 1.82) is 0 Å². The second-order valence-corrected chi connectivity index (χ2v) is 7.15. The van der Waals surface area contributed by atoms with Gasteiger partial charge in [-0.05, 0) is 67.9 Å². The van der Waals surface area contributed by atoms with Crippen LogP contribution in [0.4, 0.5) is 0 Å². The van der Waals surface area contributed by atoms with E-state index in [1.165, 1.54) is 55.7 Å². The smallest absolute Gasteiger partial charge is 0.119 e. The summed E-state index contributed by atoms with van der Waals surface area (Å²) in [6, 6.07) is 9.40. The molecule has 20 heavy (non-hydrogen) atoms. The van der Waals surface area contributed by atoms with Gasteiger partial charge in [0.2, 0.25) is 0 Å². The molecule has 2 aliphatic rings. The maximum absolute atomic E-state index is 6.15. The van der Waals surface area contributed by atoms with E-state index in [9.17, 15) is 0 Å². The number of hydrogen-bond acceptors (Lipinski definition) is 3. The fourth-order valence-corrected chi connectivity index (χ4v) is 4.18. The van der Waals surface area contributed by atoms with Crippen molar-refractivity contribution in [2.45, 2.75) is 50.7 Å². The van der Waals surface area contributed by atoms with Gasteiger partial charge in [-0.3, -0.25) is 0 Å². The largest absolute Gasteiger partial charge is 0.490 e. The zero-order valence-electron chi connectivity index (χ0n) is 12.1. The summed E-state index contributed by atoms with van der Waals surface area (Å²) in [5.41, 5.74) is 1.41. The summed E-state index contributed by atoms with van der Waals surface area (Å²) in [6.45, 7) is 1.18. The number of hydrogen-bond donors (Lipinski definition) is 1. The third-order valence-electron chi connectivity index (χ3n) is 4.26. The van der Waals surface area contributed by atoms with Crippen LogP contribution in [0.15, 0.2) is 24.3 Å². The molecule has 2 fully saturated rings. The first-order valence-corrected chi connectivity index (χ1v) is 9.12. The third kappa shape index (κ3) is 4.16. The molecule has 0 aliphatic carbocycles. The van der Waals surface area contributed by atoms with Crippen molar-refractivity contribution in [3.63, 3.8) is 0 Å². The van der Waals surface area contributed by atoms with Crippen molar-refractivity contribution in [2.24, 2.45) is 0 Å². The molecule has 1 aromatic carbocycles. The maximum Gasteiger partial charge on any atom is 0.119 e. The van der Waals surface area contributed by atoms with Gasteiger partial charge in [-0.2, -0.15) is 11.8 Å². The van der Waals surface area contributed by atoms with Gasteiger partial charge in [0.25, 0.3) is 0 Å². The summed E-state index contributed by atoms with van der Waals surface area (Å²) in [6.07, 6.45) is 7.97. The minimum atomic E-state index is 0.430. The SMILES string of the molecule is c1cc(CC2CCCCN2)cc(OC2CCSCC2)c1. The Hall–Kier alpha value is -0.670. The lowest BCUT2D eigenvalue weighted by Crippen LogP contribution is -2.35. The van der Waals surface area contributed by atoms with Crippen molar-refractivity contribution < 1.29 is 4.74 Å². The van der Waals surface area contributed by atoms with Crippen molar-refractivity contribution in [3.8, 4) is 5.75 Å². The summed E-state index contributed by atoms with van der Waals surface area (Å²) >= 11 is 2.05. The van der Waals surface area contributed by atoms with Gasteiger partial charge in [0, 0.05) is 6.04 Å². The lowest BCUT2D eigenvalue weighted by atomic mass is 9.98. The highest BCUT2D eigenvalue weighted by Crippen LogP contribution is 2.24. The Morgan fingerprint density at radius 3 is 2.85 bits per heavy atom. The lowest BCUT2D eigenvalue weighted by molar-refractivity contribution is 0.192. The van der Waals surface area contributed by atoms with Crippen LogP contribution >= 0.6 is 11.8 Å². The summed E-state index contributed by atoms with van der Waals surface area (Å²) < 4.78 is 6.15. The first kappa shape index (κ1) is 14.3. The van der Waals surface area contributed by atoms with E-state index in [-0.39, 0.29) is 0 Å². The zero-order chi connectivity index (χ0) is 13.6. The fraction of sp³-hybridized carbons (Fsp3) is 0.647. The van der Waals surface area contributed by atoms with E-state index in [1.807, 2.05) is 11.8 Å². The molecule has 0 aromatic heterocycles. The highest BCUT2D eigenvalue weighted by atomic mass is 32.2. The second-order valence-electron chi connectivity index (χ2n) is 5.93. The van der Waals surface area contributed by atoms with Crippen LogP contribution in [0, 0.1) is 0 Å². The predicted molar refractivity (Wildman–Crippen MR) is 86.8 cm³/mol. The average molecular weight is 291 g/mol. The normalized spacial score (nSPS) is 24.5. The molecule has 0 bridgehead atoms. The fourth-order valence-electron chi connectivity index (χ4n) is 3.11. The molecule has 2 aliphatic heterocycles. The predicted octanol–water partition coefficient (Wildman–Crippen LogP) is 3.65. The van der Waals surface area contributed by atoms with E-state index in [4.69, 9.17) is 4.74 Å². The first-order chi connectivity index (χ1) is 9.90. The molecular weight excluding hydrogens is 266 g/mol. The standard InChI is InChI=1S/C17H25NOS/c1-2-9-18-15(5-1)12-14-4-3-6-17(13-14)19-16-7-10-20-11-8-16/h3-4,6,13,15-16,18H,1-2,5,7-12H2. The van der Waals surface area contributed by atoms with E-state index < -0.39 is 0 Å². The van der Waals surface area contributed by atoms with Crippen LogP contribution in [0.1, 0.15) is 37.7 Å². The highest BCUT2D eigenvalue weighted by molar-refractivity contribution is 7.99. The van der Waals surface area contributed by atoms with Crippen LogP contribution < -0.4 is 10.1 Å². The molecule has 0 spiro atoms. The molecule has 1 N–H and O–H groups in total. The number of nitrogens with one attached hydrogen (secondary N) is 1. The van der Waals surface area contributed by atoms with E-state index in [0.29, 0.717) is 12.1 Å². The van der Waals surface area contributed by atoms with Crippen molar-refractivity contribution in [1.82, 2.24) is 5.32 Å². The molecule has 1 atom stereocenters. The molecular formula is C17H25NOS. The molecule has 2 saturated heterocycles. The topological polar surface area (TPSA) is 21.3 Å². The first-order valence-electron chi connectivity index (χ1n) is 7.97. The number of benzene rings is 1. The summed E-state index contributed by atoms with van der Waals surface area (Å²) in [7, 11) is 0. The molecule has 3 rings (SSSR count). The third-order valence-corrected chi connectivity index (χ3v) is 5.31. The van der Waals surface area contributed by atoms with Crippen molar-refractivity contribution in [3.05, 3.63) is 29.8 Å². The quantitative estimate of drug-likeness (QED) is 0.915. The molecule has 0 saturated carbocycles. The van der Waals surface area contributed by atoms with Gasteiger partial charge < -0.3 is 10.1 Å². The van der Waals surface area contributed by atoms with Crippen LogP contribution in [-0.4, -0.2) is 30.2 Å². The molecule has 2 heterocycles. The molecule has 110 valence electrons. The van der Waals surface area contributed by atoms with Gasteiger partial charge >= 0.3 is 0 Å². The monoisotopic (exact) mass is 291 g/mol. The van der Waals surface area contributed by atoms with Gasteiger partial charge in [-0.25, -0.2) is 0 Å². The number of ether oxygens (including phenoxy) is 1. The number of piperidine rings is 1. The van der Waals surface area contributed by atoms with Crippen LogP contribution in [-0.2, 0) is 6.42 Å². The van der Waals surface area contributed by atoms with Gasteiger partial charge in [0.15, 0.2) is 0 Å². The number of thioether (sulfide) groups is 1. The molecule has 0 radical (unpaired) electrons. The minimum absolute atomic E-state index is 0.430. The minimum Gasteiger partial charge on any atom is -0.490 e. The van der Waals surface area contributed by atoms with Gasteiger partial charge in [0.1, 0.15) is 11.9 Å². The highest BCUT2D eigenvalue weighted by Gasteiger charge is 2.16. The van der Waals surface area contributed by atoms with Crippen LogP contribution in [0.25, 0.3) is 0 Å². The zero-order valence-corrected chi connectivity index (χ0v) is 13.0. The Kier molecular flexibility index (Phi) is 5.26. The van der Waals surface area contributed by atoms with E-state index in [1.54, 1.807) is 0 Å². The summed E-state index contributed by atoms with van der Waals surface area (Å²) in [5, 5.41) is 3.62. The van der Waals surface area contributed by atoms with E-state index >= 15 is 0 Å². The summed E-state index contributed by atoms with van der Waals surface area (Å²) in [4.78, 5) is 0. The van der Waals surface area contributed by atoms with Gasteiger partial charge in [-0.15, -0.1) is 0 Å². The Balaban J connectivity index is 1.57. The van der Waals surface area contributed by atoms with Crippen LogP contribution in [0.3, 0.4) is 0 Å².